The van der Waals surface area contributed by atoms with Gasteiger partial charge in [0.25, 0.3) is 5.91 Å². The highest BCUT2D eigenvalue weighted by Gasteiger charge is 2.12. The van der Waals surface area contributed by atoms with Crippen molar-refractivity contribution in [2.24, 2.45) is 5.92 Å². The minimum absolute atomic E-state index is 0.0364. The second kappa shape index (κ2) is 8.29. The Morgan fingerprint density at radius 2 is 1.50 bits per heavy atom. The third-order valence-electron chi connectivity index (χ3n) is 3.91. The SMILES string of the molecule is CC(C)C(C)NC(=O)COc1ccc(C(=O)c2ccccc2)cc1. The Balaban J connectivity index is 1.91. The largest absolute Gasteiger partial charge is 0.484 e. The van der Waals surface area contributed by atoms with Gasteiger partial charge in [-0.2, -0.15) is 0 Å². The third kappa shape index (κ3) is 4.95. The van der Waals surface area contributed by atoms with Gasteiger partial charge in [0, 0.05) is 17.2 Å². The molecule has 0 aliphatic rings. The van der Waals surface area contributed by atoms with Crippen LogP contribution in [0, 0.1) is 5.92 Å². The van der Waals surface area contributed by atoms with Crippen LogP contribution in [0.2, 0.25) is 0 Å². The molecule has 0 aliphatic carbocycles. The number of benzene rings is 2. The van der Waals surface area contributed by atoms with Crippen LogP contribution < -0.4 is 10.1 Å². The fraction of sp³-hybridized carbons (Fsp3) is 0.300. The van der Waals surface area contributed by atoms with Crippen molar-refractivity contribution in [1.82, 2.24) is 5.32 Å². The van der Waals surface area contributed by atoms with Crippen LogP contribution in [0.1, 0.15) is 36.7 Å². The predicted octanol–water partition coefficient (Wildman–Crippen LogP) is 3.46. The zero-order valence-corrected chi connectivity index (χ0v) is 14.3. The van der Waals surface area contributed by atoms with Crippen LogP contribution >= 0.6 is 0 Å². The molecule has 0 aromatic heterocycles. The van der Waals surface area contributed by atoms with Gasteiger partial charge in [-0.05, 0) is 37.1 Å². The van der Waals surface area contributed by atoms with Crippen LogP contribution in [0.5, 0.6) is 5.75 Å². The molecular weight excluding hydrogens is 302 g/mol. The maximum Gasteiger partial charge on any atom is 0.258 e. The first-order valence-electron chi connectivity index (χ1n) is 8.09. The van der Waals surface area contributed by atoms with E-state index in [-0.39, 0.29) is 24.3 Å². The minimum atomic E-state index is -0.152. The molecule has 2 aromatic rings. The lowest BCUT2D eigenvalue weighted by molar-refractivity contribution is -0.124. The maximum absolute atomic E-state index is 12.3. The van der Waals surface area contributed by atoms with Crippen molar-refractivity contribution in [3.8, 4) is 5.75 Å². The molecule has 0 fully saturated rings. The van der Waals surface area contributed by atoms with Gasteiger partial charge in [-0.3, -0.25) is 9.59 Å². The number of carbonyl (C=O) groups is 2. The molecule has 0 saturated heterocycles. The van der Waals surface area contributed by atoms with E-state index in [1.165, 1.54) is 0 Å². The molecule has 4 heteroatoms. The molecule has 0 saturated carbocycles. The molecule has 0 bridgehead atoms. The number of hydrogen-bond acceptors (Lipinski definition) is 3. The zero-order valence-electron chi connectivity index (χ0n) is 14.3. The van der Waals surface area contributed by atoms with Gasteiger partial charge < -0.3 is 10.1 Å². The van der Waals surface area contributed by atoms with E-state index in [2.05, 4.69) is 5.32 Å². The van der Waals surface area contributed by atoms with Gasteiger partial charge >= 0.3 is 0 Å². The molecule has 1 atom stereocenters. The molecule has 0 spiro atoms. The lowest BCUT2D eigenvalue weighted by Gasteiger charge is -2.17. The van der Waals surface area contributed by atoms with Crippen LogP contribution in [0.15, 0.2) is 54.6 Å². The third-order valence-corrected chi connectivity index (χ3v) is 3.91. The van der Waals surface area contributed by atoms with E-state index in [1.54, 1.807) is 36.4 Å². The van der Waals surface area contributed by atoms with Crippen molar-refractivity contribution in [2.75, 3.05) is 6.61 Å². The summed E-state index contributed by atoms with van der Waals surface area (Å²) in [5.74, 6) is 0.746. The molecule has 0 heterocycles. The molecule has 24 heavy (non-hydrogen) atoms. The Labute approximate surface area is 142 Å². The van der Waals surface area contributed by atoms with Gasteiger partial charge in [-0.25, -0.2) is 0 Å². The van der Waals surface area contributed by atoms with Gasteiger partial charge in [-0.1, -0.05) is 44.2 Å². The number of amides is 1. The van der Waals surface area contributed by atoms with Crippen molar-refractivity contribution in [3.05, 3.63) is 65.7 Å². The molecule has 0 aliphatic heterocycles. The molecular formula is C20H23NO3. The highest BCUT2D eigenvalue weighted by Crippen LogP contribution is 2.15. The van der Waals surface area contributed by atoms with Gasteiger partial charge in [0.1, 0.15) is 5.75 Å². The molecule has 126 valence electrons. The average Bonchev–Trinajstić information content (AvgIpc) is 2.60. The maximum atomic E-state index is 12.3. The van der Waals surface area contributed by atoms with Crippen LogP contribution in [0.3, 0.4) is 0 Å². The quantitative estimate of drug-likeness (QED) is 0.793. The summed E-state index contributed by atoms with van der Waals surface area (Å²) in [7, 11) is 0. The number of carbonyl (C=O) groups excluding carboxylic acids is 2. The molecule has 1 N–H and O–H groups in total. The first kappa shape index (κ1) is 17.7. The van der Waals surface area contributed by atoms with E-state index in [0.29, 0.717) is 22.8 Å². The standard InChI is InChI=1S/C20H23NO3/c1-14(2)15(3)21-19(22)13-24-18-11-9-17(10-12-18)20(23)16-7-5-4-6-8-16/h4-12,14-15H,13H2,1-3H3,(H,21,22). The van der Waals surface area contributed by atoms with Gasteiger partial charge in [0.2, 0.25) is 0 Å². The highest BCUT2D eigenvalue weighted by atomic mass is 16.5. The van der Waals surface area contributed by atoms with Crippen LogP contribution in [0.4, 0.5) is 0 Å². The Morgan fingerprint density at radius 1 is 0.917 bits per heavy atom. The summed E-state index contributed by atoms with van der Waals surface area (Å²) in [6.07, 6.45) is 0. The zero-order chi connectivity index (χ0) is 17.5. The summed E-state index contributed by atoms with van der Waals surface area (Å²) in [6.45, 7) is 6.03. The summed E-state index contributed by atoms with van der Waals surface area (Å²) in [6, 6.07) is 16.0. The summed E-state index contributed by atoms with van der Waals surface area (Å²) in [5, 5.41) is 2.88. The second-order valence-corrected chi connectivity index (χ2v) is 6.11. The topological polar surface area (TPSA) is 55.4 Å². The fourth-order valence-corrected chi connectivity index (χ4v) is 2.07. The van der Waals surface area contributed by atoms with Gasteiger partial charge in [0.15, 0.2) is 12.4 Å². The molecule has 4 nitrogen and oxygen atoms in total. The molecule has 1 unspecified atom stereocenters. The minimum Gasteiger partial charge on any atom is -0.484 e. The summed E-state index contributed by atoms with van der Waals surface area (Å²) in [5.41, 5.74) is 1.24. The first-order valence-corrected chi connectivity index (χ1v) is 8.09. The normalized spacial score (nSPS) is 11.8. The molecule has 1 amide bonds. The number of hydrogen-bond donors (Lipinski definition) is 1. The van der Waals surface area contributed by atoms with Crippen molar-refractivity contribution < 1.29 is 14.3 Å². The lowest BCUT2D eigenvalue weighted by atomic mass is 10.0. The van der Waals surface area contributed by atoms with Crippen LogP contribution in [-0.2, 0) is 4.79 Å². The van der Waals surface area contributed by atoms with Crippen molar-refractivity contribution in [3.63, 3.8) is 0 Å². The van der Waals surface area contributed by atoms with Crippen LogP contribution in [0.25, 0.3) is 0 Å². The summed E-state index contributed by atoms with van der Waals surface area (Å²) >= 11 is 0. The fourth-order valence-electron chi connectivity index (χ4n) is 2.07. The summed E-state index contributed by atoms with van der Waals surface area (Å²) < 4.78 is 5.47. The Kier molecular flexibility index (Phi) is 6.13. The Hall–Kier alpha value is -2.62. The Bertz CT molecular complexity index is 678. The molecule has 0 radical (unpaired) electrons. The number of nitrogens with one attached hydrogen (secondary N) is 1. The Morgan fingerprint density at radius 3 is 2.08 bits per heavy atom. The van der Waals surface area contributed by atoms with Crippen molar-refractivity contribution in [2.45, 2.75) is 26.8 Å². The van der Waals surface area contributed by atoms with Crippen LogP contribution in [-0.4, -0.2) is 24.3 Å². The number of ether oxygens (including phenoxy) is 1. The lowest BCUT2D eigenvalue weighted by Crippen LogP contribution is -2.38. The van der Waals surface area contributed by atoms with E-state index >= 15 is 0 Å². The predicted molar refractivity (Wildman–Crippen MR) is 94.3 cm³/mol. The monoisotopic (exact) mass is 325 g/mol. The van der Waals surface area contributed by atoms with E-state index in [4.69, 9.17) is 4.74 Å². The van der Waals surface area contributed by atoms with Crippen molar-refractivity contribution >= 4 is 11.7 Å². The molecule has 2 rings (SSSR count). The first-order chi connectivity index (χ1) is 11.5. The van der Waals surface area contributed by atoms with E-state index < -0.39 is 0 Å². The smallest absolute Gasteiger partial charge is 0.258 e. The highest BCUT2D eigenvalue weighted by molar-refractivity contribution is 6.08. The molecule has 2 aromatic carbocycles. The number of ketones is 1. The average molecular weight is 325 g/mol. The van der Waals surface area contributed by atoms with Crippen molar-refractivity contribution in [1.29, 1.82) is 0 Å². The van der Waals surface area contributed by atoms with E-state index in [1.807, 2.05) is 39.0 Å². The van der Waals surface area contributed by atoms with Gasteiger partial charge in [-0.15, -0.1) is 0 Å². The van der Waals surface area contributed by atoms with E-state index in [0.717, 1.165) is 0 Å². The summed E-state index contributed by atoms with van der Waals surface area (Å²) in [4.78, 5) is 24.1. The van der Waals surface area contributed by atoms with Gasteiger partial charge in [0.05, 0.1) is 0 Å². The van der Waals surface area contributed by atoms with E-state index in [9.17, 15) is 9.59 Å². The number of rotatable bonds is 7. The second-order valence-electron chi connectivity index (χ2n) is 6.11.